The molecule has 9 heteroatoms. The van der Waals surface area contributed by atoms with Crippen LogP contribution in [-0.4, -0.2) is 35.8 Å². The average molecular weight is 349 g/mol. The molecule has 1 amide bonds. The SMILES string of the molecule is CS(=O)(=O)NN1C(=O)c2ccccc2NC1c1ccc(O)c(O)c1. The second-order valence-electron chi connectivity index (χ2n) is 5.38. The minimum Gasteiger partial charge on any atom is -0.504 e. The molecular weight excluding hydrogens is 334 g/mol. The van der Waals surface area contributed by atoms with Gasteiger partial charge in [0.1, 0.15) is 6.17 Å². The fraction of sp³-hybridized carbons (Fsp3) is 0.133. The van der Waals surface area contributed by atoms with Crippen molar-refractivity contribution >= 4 is 21.6 Å². The molecule has 1 unspecified atom stereocenters. The summed E-state index contributed by atoms with van der Waals surface area (Å²) in [6.07, 6.45) is 0.0419. The Morgan fingerprint density at radius 1 is 1.12 bits per heavy atom. The first-order chi connectivity index (χ1) is 11.3. The van der Waals surface area contributed by atoms with Crippen molar-refractivity contribution in [3.63, 3.8) is 0 Å². The van der Waals surface area contributed by atoms with Gasteiger partial charge in [0.05, 0.1) is 11.8 Å². The molecule has 126 valence electrons. The predicted molar refractivity (Wildman–Crippen MR) is 86.7 cm³/mol. The Balaban J connectivity index is 2.10. The summed E-state index contributed by atoms with van der Waals surface area (Å²) in [5, 5.41) is 23.1. The van der Waals surface area contributed by atoms with Crippen molar-refractivity contribution in [1.29, 1.82) is 0 Å². The topological polar surface area (TPSA) is 119 Å². The lowest BCUT2D eigenvalue weighted by Gasteiger charge is -2.37. The van der Waals surface area contributed by atoms with Gasteiger partial charge in [-0.25, -0.2) is 13.4 Å². The predicted octanol–water partition coefficient (Wildman–Crippen LogP) is 1.13. The van der Waals surface area contributed by atoms with E-state index in [1.165, 1.54) is 18.2 Å². The number of carbonyl (C=O) groups excluding carboxylic acids is 1. The van der Waals surface area contributed by atoms with Gasteiger partial charge in [-0.2, -0.15) is 0 Å². The maximum absolute atomic E-state index is 12.7. The number of phenols is 2. The van der Waals surface area contributed by atoms with Crippen LogP contribution in [-0.2, 0) is 10.0 Å². The molecule has 0 saturated heterocycles. The van der Waals surface area contributed by atoms with Crippen molar-refractivity contribution in [3.8, 4) is 11.5 Å². The fourth-order valence-corrected chi connectivity index (χ4v) is 3.02. The number of sulfonamides is 1. The van der Waals surface area contributed by atoms with Crippen LogP contribution in [0.3, 0.4) is 0 Å². The zero-order chi connectivity index (χ0) is 17.5. The van der Waals surface area contributed by atoms with Crippen molar-refractivity contribution in [2.45, 2.75) is 6.17 Å². The van der Waals surface area contributed by atoms with E-state index in [0.717, 1.165) is 11.3 Å². The van der Waals surface area contributed by atoms with Crippen LogP contribution in [0.25, 0.3) is 0 Å². The van der Waals surface area contributed by atoms with E-state index in [0.29, 0.717) is 16.8 Å². The Labute approximate surface area is 138 Å². The largest absolute Gasteiger partial charge is 0.504 e. The normalized spacial score (nSPS) is 17.3. The Bertz CT molecular complexity index is 913. The molecule has 0 bridgehead atoms. The second-order valence-corrected chi connectivity index (χ2v) is 7.11. The van der Waals surface area contributed by atoms with Gasteiger partial charge in [0.25, 0.3) is 5.91 Å². The summed E-state index contributed by atoms with van der Waals surface area (Å²) in [6, 6.07) is 10.7. The summed E-state index contributed by atoms with van der Waals surface area (Å²) >= 11 is 0. The third kappa shape index (κ3) is 2.99. The quantitative estimate of drug-likeness (QED) is 0.617. The van der Waals surface area contributed by atoms with Crippen LogP contribution in [0.15, 0.2) is 42.5 Å². The Morgan fingerprint density at radius 3 is 2.50 bits per heavy atom. The average Bonchev–Trinajstić information content (AvgIpc) is 2.52. The standard InChI is InChI=1S/C15H15N3O5S/c1-24(22,23)17-18-14(9-6-7-12(19)13(20)8-9)16-11-5-3-2-4-10(11)15(18)21/h2-8,14,16-17,19-20H,1H3. The summed E-state index contributed by atoms with van der Waals surface area (Å²) < 4.78 is 23.3. The highest BCUT2D eigenvalue weighted by molar-refractivity contribution is 7.88. The lowest BCUT2D eigenvalue weighted by Crippen LogP contribution is -2.52. The number of anilines is 1. The summed E-state index contributed by atoms with van der Waals surface area (Å²) in [5.74, 6) is -1.23. The molecule has 0 saturated carbocycles. The number of rotatable bonds is 3. The second kappa shape index (κ2) is 5.69. The third-order valence-electron chi connectivity index (χ3n) is 3.51. The van der Waals surface area contributed by atoms with E-state index in [1.807, 2.05) is 0 Å². The molecule has 3 rings (SSSR count). The van der Waals surface area contributed by atoms with Gasteiger partial charge in [-0.1, -0.05) is 18.2 Å². The van der Waals surface area contributed by atoms with Crippen molar-refractivity contribution in [2.24, 2.45) is 0 Å². The summed E-state index contributed by atoms with van der Waals surface area (Å²) in [6.45, 7) is 0. The Morgan fingerprint density at radius 2 is 1.83 bits per heavy atom. The van der Waals surface area contributed by atoms with E-state index in [-0.39, 0.29) is 11.5 Å². The minimum atomic E-state index is -3.72. The number of aromatic hydroxyl groups is 2. The van der Waals surface area contributed by atoms with Gasteiger partial charge in [0, 0.05) is 5.69 Å². The van der Waals surface area contributed by atoms with Crippen LogP contribution in [0.2, 0.25) is 0 Å². The molecular formula is C15H15N3O5S. The van der Waals surface area contributed by atoms with Gasteiger partial charge < -0.3 is 15.5 Å². The van der Waals surface area contributed by atoms with Crippen LogP contribution in [0.5, 0.6) is 11.5 Å². The first-order valence-corrected chi connectivity index (χ1v) is 8.84. The van der Waals surface area contributed by atoms with Crippen molar-refractivity contribution < 1.29 is 23.4 Å². The van der Waals surface area contributed by atoms with Crippen LogP contribution < -0.4 is 10.1 Å². The highest BCUT2D eigenvalue weighted by Gasteiger charge is 2.35. The summed E-state index contributed by atoms with van der Waals surface area (Å²) in [5.41, 5.74) is 1.24. The molecule has 0 fully saturated rings. The smallest absolute Gasteiger partial charge is 0.273 e. The van der Waals surface area contributed by atoms with Gasteiger partial charge in [0.2, 0.25) is 10.0 Å². The van der Waals surface area contributed by atoms with E-state index in [9.17, 15) is 23.4 Å². The number of hydrogen-bond acceptors (Lipinski definition) is 6. The van der Waals surface area contributed by atoms with E-state index in [2.05, 4.69) is 10.1 Å². The molecule has 4 N–H and O–H groups in total. The molecule has 0 radical (unpaired) electrons. The van der Waals surface area contributed by atoms with Crippen LogP contribution in [0.1, 0.15) is 22.1 Å². The number of nitrogens with zero attached hydrogens (tertiary/aromatic N) is 1. The fourth-order valence-electron chi connectivity index (χ4n) is 2.47. The minimum absolute atomic E-state index is 0.313. The third-order valence-corrected chi connectivity index (χ3v) is 4.03. The van der Waals surface area contributed by atoms with Gasteiger partial charge in [-0.3, -0.25) is 4.79 Å². The number of carbonyl (C=O) groups is 1. The van der Waals surface area contributed by atoms with Gasteiger partial charge in [0.15, 0.2) is 11.5 Å². The summed E-state index contributed by atoms with van der Waals surface area (Å²) in [7, 11) is -3.72. The molecule has 24 heavy (non-hydrogen) atoms. The van der Waals surface area contributed by atoms with Gasteiger partial charge in [-0.15, -0.1) is 4.83 Å². The molecule has 1 aliphatic rings. The van der Waals surface area contributed by atoms with Crippen LogP contribution in [0.4, 0.5) is 5.69 Å². The van der Waals surface area contributed by atoms with E-state index >= 15 is 0 Å². The summed E-state index contributed by atoms with van der Waals surface area (Å²) in [4.78, 5) is 14.9. The molecule has 0 aliphatic carbocycles. The maximum Gasteiger partial charge on any atom is 0.273 e. The highest BCUT2D eigenvalue weighted by Crippen LogP contribution is 2.35. The number of amides is 1. The van der Waals surface area contributed by atoms with Crippen molar-refractivity contribution in [1.82, 2.24) is 9.84 Å². The van der Waals surface area contributed by atoms with Crippen molar-refractivity contribution in [3.05, 3.63) is 53.6 Å². The molecule has 1 heterocycles. The van der Waals surface area contributed by atoms with E-state index in [1.54, 1.807) is 24.3 Å². The molecule has 1 aliphatic heterocycles. The number of nitrogens with one attached hydrogen (secondary N) is 2. The Kier molecular flexibility index (Phi) is 3.82. The van der Waals surface area contributed by atoms with Crippen LogP contribution in [0, 0.1) is 0 Å². The van der Waals surface area contributed by atoms with Gasteiger partial charge in [-0.05, 0) is 29.8 Å². The number of hydrazine groups is 1. The lowest BCUT2D eigenvalue weighted by atomic mass is 10.0. The highest BCUT2D eigenvalue weighted by atomic mass is 32.2. The number of benzene rings is 2. The molecule has 1 atom stereocenters. The van der Waals surface area contributed by atoms with Crippen molar-refractivity contribution in [2.75, 3.05) is 11.6 Å². The van der Waals surface area contributed by atoms with Gasteiger partial charge >= 0.3 is 0 Å². The number of fused-ring (bicyclic) bond motifs is 1. The molecule has 0 spiro atoms. The lowest BCUT2D eigenvalue weighted by molar-refractivity contribution is 0.0633. The molecule has 8 nitrogen and oxygen atoms in total. The molecule has 2 aromatic rings. The van der Waals surface area contributed by atoms with E-state index in [4.69, 9.17) is 0 Å². The first-order valence-electron chi connectivity index (χ1n) is 6.95. The zero-order valence-electron chi connectivity index (χ0n) is 12.6. The Hall–Kier alpha value is -2.78. The number of para-hydroxylation sites is 1. The maximum atomic E-state index is 12.7. The first kappa shape index (κ1) is 16.1. The molecule has 2 aromatic carbocycles. The van der Waals surface area contributed by atoms with Crippen LogP contribution >= 0.6 is 0 Å². The monoisotopic (exact) mass is 349 g/mol. The zero-order valence-corrected chi connectivity index (χ0v) is 13.4. The number of hydrogen-bond donors (Lipinski definition) is 4. The number of phenolic OH excluding ortho intramolecular Hbond substituents is 2. The van der Waals surface area contributed by atoms with E-state index < -0.39 is 22.1 Å². The molecule has 0 aromatic heterocycles.